The Morgan fingerprint density at radius 2 is 1.79 bits per heavy atom. The van der Waals surface area contributed by atoms with Gasteiger partial charge in [-0.3, -0.25) is 0 Å². The maximum Gasteiger partial charge on any atom is -0.0162 e. The molecule has 0 aromatic heterocycles. The largest absolute Gasteiger partial charge is 0.0628 e. The van der Waals surface area contributed by atoms with Crippen molar-refractivity contribution < 1.29 is 0 Å². The van der Waals surface area contributed by atoms with E-state index in [2.05, 4.69) is 38.1 Å². The lowest BCUT2D eigenvalue weighted by Gasteiger charge is -2.05. The Hall–Kier alpha value is -0.780. The van der Waals surface area contributed by atoms with Gasteiger partial charge in [0.15, 0.2) is 0 Å². The quantitative estimate of drug-likeness (QED) is 0.665. The van der Waals surface area contributed by atoms with Crippen LogP contribution in [0.15, 0.2) is 24.3 Å². The smallest absolute Gasteiger partial charge is 0.0162 e. The molecule has 0 radical (unpaired) electrons. The summed E-state index contributed by atoms with van der Waals surface area (Å²) >= 11 is 0. The minimum atomic E-state index is 0.818. The molecule has 76 valence electrons. The molecule has 1 saturated carbocycles. The van der Waals surface area contributed by atoms with E-state index in [0.717, 1.165) is 11.8 Å². The van der Waals surface area contributed by atoms with E-state index in [1.165, 1.54) is 31.2 Å². The van der Waals surface area contributed by atoms with Crippen molar-refractivity contribution >= 4 is 0 Å². The fourth-order valence-corrected chi connectivity index (χ4v) is 1.83. The maximum absolute atomic E-state index is 2.33. The standard InChI is InChI=1S/C14H20/c1-11(2)3-4-12-5-7-13(8-6-12)14-9-10-14/h5-8,11,14H,3-4,9-10H2,1-2H3. The summed E-state index contributed by atoms with van der Waals surface area (Å²) in [6, 6.07) is 9.28. The number of rotatable bonds is 4. The van der Waals surface area contributed by atoms with E-state index in [1.807, 2.05) is 0 Å². The minimum absolute atomic E-state index is 0.818. The summed E-state index contributed by atoms with van der Waals surface area (Å²) in [5.74, 6) is 1.72. The van der Waals surface area contributed by atoms with E-state index >= 15 is 0 Å². The fourth-order valence-electron chi connectivity index (χ4n) is 1.83. The lowest BCUT2D eigenvalue weighted by molar-refractivity contribution is 0.586. The molecule has 0 nitrogen and oxygen atoms in total. The number of hydrogen-bond acceptors (Lipinski definition) is 0. The van der Waals surface area contributed by atoms with Crippen LogP contribution in [-0.4, -0.2) is 0 Å². The van der Waals surface area contributed by atoms with Crippen molar-refractivity contribution in [3.63, 3.8) is 0 Å². The second-order valence-electron chi connectivity index (χ2n) is 4.95. The first-order valence-corrected chi connectivity index (χ1v) is 5.84. The number of benzene rings is 1. The Balaban J connectivity index is 1.92. The van der Waals surface area contributed by atoms with Crippen LogP contribution in [0, 0.1) is 5.92 Å². The van der Waals surface area contributed by atoms with Gasteiger partial charge in [0.25, 0.3) is 0 Å². The van der Waals surface area contributed by atoms with E-state index < -0.39 is 0 Å². The monoisotopic (exact) mass is 188 g/mol. The Kier molecular flexibility index (Phi) is 2.90. The highest BCUT2D eigenvalue weighted by Crippen LogP contribution is 2.39. The SMILES string of the molecule is CC(C)CCc1ccc(C2CC2)cc1. The van der Waals surface area contributed by atoms with Crippen LogP contribution in [0.5, 0.6) is 0 Å². The average Bonchev–Trinajstić information content (AvgIpc) is 2.99. The zero-order valence-corrected chi connectivity index (χ0v) is 9.29. The third-order valence-corrected chi connectivity index (χ3v) is 3.04. The van der Waals surface area contributed by atoms with Crippen LogP contribution >= 0.6 is 0 Å². The molecule has 14 heavy (non-hydrogen) atoms. The van der Waals surface area contributed by atoms with Crippen molar-refractivity contribution in [1.29, 1.82) is 0 Å². The van der Waals surface area contributed by atoms with E-state index in [0.29, 0.717) is 0 Å². The molecule has 1 fully saturated rings. The van der Waals surface area contributed by atoms with Crippen LogP contribution in [-0.2, 0) is 6.42 Å². The van der Waals surface area contributed by atoms with Crippen LogP contribution < -0.4 is 0 Å². The highest BCUT2D eigenvalue weighted by atomic mass is 14.3. The summed E-state index contributed by atoms with van der Waals surface area (Å²) in [4.78, 5) is 0. The first kappa shape index (κ1) is 9.76. The van der Waals surface area contributed by atoms with Gasteiger partial charge >= 0.3 is 0 Å². The summed E-state index contributed by atoms with van der Waals surface area (Å²) in [6.07, 6.45) is 5.36. The summed E-state index contributed by atoms with van der Waals surface area (Å²) in [6.45, 7) is 4.58. The van der Waals surface area contributed by atoms with Gasteiger partial charge in [-0.1, -0.05) is 38.1 Å². The second-order valence-corrected chi connectivity index (χ2v) is 4.95. The van der Waals surface area contributed by atoms with Gasteiger partial charge in [-0.25, -0.2) is 0 Å². The highest BCUT2D eigenvalue weighted by Gasteiger charge is 2.22. The Labute approximate surface area is 87.3 Å². The Morgan fingerprint density at radius 3 is 2.29 bits per heavy atom. The Bertz CT molecular complexity index is 277. The molecule has 0 heterocycles. The zero-order valence-electron chi connectivity index (χ0n) is 9.29. The lowest BCUT2D eigenvalue weighted by Crippen LogP contribution is -1.92. The van der Waals surface area contributed by atoms with Gasteiger partial charge in [0.2, 0.25) is 0 Å². The lowest BCUT2D eigenvalue weighted by atomic mass is 10.0. The average molecular weight is 188 g/mol. The van der Waals surface area contributed by atoms with Gasteiger partial charge in [-0.2, -0.15) is 0 Å². The first-order chi connectivity index (χ1) is 6.75. The van der Waals surface area contributed by atoms with Crippen molar-refractivity contribution in [2.75, 3.05) is 0 Å². The van der Waals surface area contributed by atoms with Crippen LogP contribution in [0.1, 0.15) is 50.2 Å². The normalized spacial score (nSPS) is 16.2. The molecule has 0 amide bonds. The summed E-state index contributed by atoms with van der Waals surface area (Å²) in [5, 5.41) is 0. The molecule has 0 atom stereocenters. The van der Waals surface area contributed by atoms with Crippen LogP contribution in [0.4, 0.5) is 0 Å². The number of hydrogen-bond donors (Lipinski definition) is 0. The van der Waals surface area contributed by atoms with Crippen molar-refractivity contribution in [2.45, 2.75) is 45.4 Å². The third kappa shape index (κ3) is 2.60. The zero-order chi connectivity index (χ0) is 9.97. The fraction of sp³-hybridized carbons (Fsp3) is 0.571. The molecule has 2 rings (SSSR count). The highest BCUT2D eigenvalue weighted by molar-refractivity contribution is 5.28. The molecule has 1 aromatic carbocycles. The predicted octanol–water partition coefficient (Wildman–Crippen LogP) is 4.15. The summed E-state index contributed by atoms with van der Waals surface area (Å²) < 4.78 is 0. The molecule has 0 unspecified atom stereocenters. The van der Waals surface area contributed by atoms with Gasteiger partial charge < -0.3 is 0 Å². The summed E-state index contributed by atoms with van der Waals surface area (Å²) in [7, 11) is 0. The molecule has 1 aliphatic carbocycles. The van der Waals surface area contributed by atoms with E-state index in [1.54, 1.807) is 5.56 Å². The molecule has 1 aliphatic rings. The topological polar surface area (TPSA) is 0 Å². The van der Waals surface area contributed by atoms with E-state index in [-0.39, 0.29) is 0 Å². The maximum atomic E-state index is 2.33. The third-order valence-electron chi connectivity index (χ3n) is 3.04. The molecule has 0 bridgehead atoms. The number of aryl methyl sites for hydroxylation is 1. The molecule has 0 saturated heterocycles. The molecular weight excluding hydrogens is 168 g/mol. The van der Waals surface area contributed by atoms with Gasteiger partial charge in [0, 0.05) is 0 Å². The molecule has 1 aromatic rings. The van der Waals surface area contributed by atoms with E-state index in [9.17, 15) is 0 Å². The van der Waals surface area contributed by atoms with Gasteiger partial charge in [0.1, 0.15) is 0 Å². The first-order valence-electron chi connectivity index (χ1n) is 5.84. The van der Waals surface area contributed by atoms with E-state index in [4.69, 9.17) is 0 Å². The van der Waals surface area contributed by atoms with Crippen LogP contribution in [0.2, 0.25) is 0 Å². The summed E-state index contributed by atoms with van der Waals surface area (Å²) in [5.41, 5.74) is 3.06. The van der Waals surface area contributed by atoms with Crippen molar-refractivity contribution in [2.24, 2.45) is 5.92 Å². The Morgan fingerprint density at radius 1 is 1.14 bits per heavy atom. The molecule has 0 heteroatoms. The van der Waals surface area contributed by atoms with Gasteiger partial charge in [-0.05, 0) is 48.6 Å². The minimum Gasteiger partial charge on any atom is -0.0628 e. The second kappa shape index (κ2) is 4.16. The molecule has 0 spiro atoms. The van der Waals surface area contributed by atoms with Crippen molar-refractivity contribution in [3.8, 4) is 0 Å². The van der Waals surface area contributed by atoms with Crippen LogP contribution in [0.3, 0.4) is 0 Å². The van der Waals surface area contributed by atoms with Gasteiger partial charge in [-0.15, -0.1) is 0 Å². The van der Waals surface area contributed by atoms with Crippen molar-refractivity contribution in [1.82, 2.24) is 0 Å². The predicted molar refractivity (Wildman–Crippen MR) is 61.6 cm³/mol. The van der Waals surface area contributed by atoms with Crippen LogP contribution in [0.25, 0.3) is 0 Å². The van der Waals surface area contributed by atoms with Crippen molar-refractivity contribution in [3.05, 3.63) is 35.4 Å². The molecular formula is C14H20. The molecule has 0 N–H and O–H groups in total. The molecule has 0 aliphatic heterocycles. The van der Waals surface area contributed by atoms with Gasteiger partial charge in [0.05, 0.1) is 0 Å².